The first-order chi connectivity index (χ1) is 9.59. The van der Waals surface area contributed by atoms with Crippen molar-refractivity contribution in [2.24, 2.45) is 5.73 Å². The van der Waals surface area contributed by atoms with E-state index in [1.165, 1.54) is 3.97 Å². The fourth-order valence-electron chi connectivity index (χ4n) is 2.27. The van der Waals surface area contributed by atoms with E-state index < -0.39 is 10.0 Å². The summed E-state index contributed by atoms with van der Waals surface area (Å²) in [5.41, 5.74) is 7.99. The number of fused-ring (bicyclic) bond motifs is 1. The molecule has 5 heteroatoms. The van der Waals surface area contributed by atoms with Crippen molar-refractivity contribution in [3.05, 3.63) is 71.7 Å². The van der Waals surface area contributed by atoms with Gasteiger partial charge in [0.05, 0.1) is 4.90 Å². The van der Waals surface area contributed by atoms with Crippen molar-refractivity contribution < 1.29 is 8.42 Å². The van der Waals surface area contributed by atoms with Gasteiger partial charge < -0.3 is 5.73 Å². The SMILES string of the molecule is NC1=Cc2ccn(S(=O)(=O)c3ccccc3)c2CC=C1. The average molecular weight is 286 g/mol. The minimum atomic E-state index is -3.56. The number of rotatable bonds is 2. The molecule has 0 amide bonds. The Labute approximate surface area is 117 Å². The molecule has 0 spiro atoms. The summed E-state index contributed by atoms with van der Waals surface area (Å²) >= 11 is 0. The Morgan fingerprint density at radius 1 is 1.10 bits per heavy atom. The van der Waals surface area contributed by atoms with Crippen LogP contribution in [-0.2, 0) is 16.4 Å². The van der Waals surface area contributed by atoms with Gasteiger partial charge >= 0.3 is 0 Å². The average Bonchev–Trinajstić information content (AvgIpc) is 2.75. The Morgan fingerprint density at radius 2 is 1.85 bits per heavy atom. The summed E-state index contributed by atoms with van der Waals surface area (Å²) < 4.78 is 26.6. The van der Waals surface area contributed by atoms with E-state index in [2.05, 4.69) is 0 Å². The topological polar surface area (TPSA) is 65.1 Å². The van der Waals surface area contributed by atoms with E-state index in [1.807, 2.05) is 6.08 Å². The van der Waals surface area contributed by atoms with Crippen LogP contribution in [0.2, 0.25) is 0 Å². The van der Waals surface area contributed by atoms with E-state index in [9.17, 15) is 8.42 Å². The van der Waals surface area contributed by atoms with Gasteiger partial charge in [-0.3, -0.25) is 0 Å². The van der Waals surface area contributed by atoms with Gasteiger partial charge in [-0.05, 0) is 35.9 Å². The second-order valence-corrected chi connectivity index (χ2v) is 6.40. The van der Waals surface area contributed by atoms with Gasteiger partial charge in [0, 0.05) is 24.0 Å². The molecule has 2 aromatic rings. The van der Waals surface area contributed by atoms with Gasteiger partial charge in [0.25, 0.3) is 10.0 Å². The molecule has 1 aliphatic carbocycles. The van der Waals surface area contributed by atoms with Crippen LogP contribution in [0.25, 0.3) is 6.08 Å². The van der Waals surface area contributed by atoms with Crippen LogP contribution in [0, 0.1) is 0 Å². The van der Waals surface area contributed by atoms with Crippen LogP contribution in [0.5, 0.6) is 0 Å². The molecule has 0 saturated carbocycles. The molecule has 4 nitrogen and oxygen atoms in total. The number of hydrogen-bond acceptors (Lipinski definition) is 3. The molecule has 0 fully saturated rings. The molecule has 3 rings (SSSR count). The summed E-state index contributed by atoms with van der Waals surface area (Å²) in [4.78, 5) is 0.281. The van der Waals surface area contributed by atoms with Crippen molar-refractivity contribution in [2.45, 2.75) is 11.3 Å². The van der Waals surface area contributed by atoms with Crippen molar-refractivity contribution >= 4 is 16.1 Å². The number of nitrogens with two attached hydrogens (primary N) is 1. The number of allylic oxidation sites excluding steroid dienone is 2. The van der Waals surface area contributed by atoms with Crippen molar-refractivity contribution in [3.8, 4) is 0 Å². The minimum absolute atomic E-state index is 0.281. The van der Waals surface area contributed by atoms with E-state index in [4.69, 9.17) is 5.73 Å². The molecule has 0 aliphatic heterocycles. The number of aromatic nitrogens is 1. The Hall–Kier alpha value is -2.27. The lowest BCUT2D eigenvalue weighted by atomic mass is 10.2. The van der Waals surface area contributed by atoms with Crippen LogP contribution in [-0.4, -0.2) is 12.4 Å². The second-order valence-electron chi connectivity index (χ2n) is 4.58. The molecule has 1 heterocycles. The molecule has 0 bridgehead atoms. The first-order valence-electron chi connectivity index (χ1n) is 6.23. The molecular weight excluding hydrogens is 272 g/mol. The van der Waals surface area contributed by atoms with Crippen LogP contribution >= 0.6 is 0 Å². The zero-order valence-corrected chi connectivity index (χ0v) is 11.5. The third-order valence-corrected chi connectivity index (χ3v) is 4.96. The van der Waals surface area contributed by atoms with E-state index in [0.29, 0.717) is 12.1 Å². The Kier molecular flexibility index (Phi) is 2.99. The van der Waals surface area contributed by atoms with Gasteiger partial charge in [-0.25, -0.2) is 12.4 Å². The second kappa shape index (κ2) is 4.68. The monoisotopic (exact) mass is 286 g/mol. The van der Waals surface area contributed by atoms with E-state index in [1.54, 1.807) is 54.7 Å². The summed E-state index contributed by atoms with van der Waals surface area (Å²) in [6.45, 7) is 0. The van der Waals surface area contributed by atoms with E-state index in [-0.39, 0.29) is 4.90 Å². The predicted octanol–water partition coefficient (Wildman–Crippen LogP) is 2.14. The van der Waals surface area contributed by atoms with Crippen molar-refractivity contribution in [1.82, 2.24) is 3.97 Å². The fourth-order valence-corrected chi connectivity index (χ4v) is 3.69. The first-order valence-corrected chi connectivity index (χ1v) is 7.67. The molecule has 0 atom stereocenters. The van der Waals surface area contributed by atoms with E-state index >= 15 is 0 Å². The zero-order valence-electron chi connectivity index (χ0n) is 10.7. The van der Waals surface area contributed by atoms with Gasteiger partial charge in [-0.2, -0.15) is 0 Å². The van der Waals surface area contributed by atoms with Crippen LogP contribution in [0.1, 0.15) is 11.3 Å². The summed E-state index contributed by atoms with van der Waals surface area (Å²) in [6.07, 6.45) is 7.56. The summed E-state index contributed by atoms with van der Waals surface area (Å²) in [5, 5.41) is 0. The van der Waals surface area contributed by atoms with Crippen LogP contribution < -0.4 is 5.73 Å². The predicted molar refractivity (Wildman–Crippen MR) is 78.5 cm³/mol. The lowest BCUT2D eigenvalue weighted by molar-refractivity contribution is 0.586. The molecule has 2 N–H and O–H groups in total. The molecule has 0 radical (unpaired) electrons. The Morgan fingerprint density at radius 3 is 2.60 bits per heavy atom. The lowest BCUT2D eigenvalue weighted by Gasteiger charge is -2.10. The Bertz CT molecular complexity index is 800. The Balaban J connectivity index is 2.16. The summed E-state index contributed by atoms with van der Waals surface area (Å²) in [6, 6.07) is 10.2. The van der Waals surface area contributed by atoms with Crippen LogP contribution in [0.3, 0.4) is 0 Å². The molecule has 0 unspecified atom stereocenters. The number of nitrogens with zero attached hydrogens (tertiary/aromatic N) is 1. The minimum Gasteiger partial charge on any atom is -0.399 e. The maximum absolute atomic E-state index is 12.6. The van der Waals surface area contributed by atoms with Crippen molar-refractivity contribution in [3.63, 3.8) is 0 Å². The number of hydrogen-bond donors (Lipinski definition) is 1. The zero-order chi connectivity index (χ0) is 14.2. The van der Waals surface area contributed by atoms with Crippen molar-refractivity contribution in [1.29, 1.82) is 0 Å². The standard InChI is InChI=1S/C15H14N2O2S/c16-13-5-4-8-15-12(11-13)9-10-17(15)20(18,19)14-6-2-1-3-7-14/h1-7,9-11H,8,16H2. The molecule has 1 aromatic heterocycles. The molecular formula is C15H14N2O2S. The maximum Gasteiger partial charge on any atom is 0.267 e. The fraction of sp³-hybridized carbons (Fsp3) is 0.0667. The highest BCUT2D eigenvalue weighted by molar-refractivity contribution is 7.90. The number of benzene rings is 1. The van der Waals surface area contributed by atoms with Crippen molar-refractivity contribution in [2.75, 3.05) is 0 Å². The van der Waals surface area contributed by atoms with Gasteiger partial charge in [0.1, 0.15) is 0 Å². The molecule has 1 aromatic carbocycles. The summed E-state index contributed by atoms with van der Waals surface area (Å²) in [7, 11) is -3.56. The third-order valence-electron chi connectivity index (χ3n) is 3.23. The highest BCUT2D eigenvalue weighted by Gasteiger charge is 2.21. The van der Waals surface area contributed by atoms with Gasteiger partial charge in [0.2, 0.25) is 0 Å². The van der Waals surface area contributed by atoms with E-state index in [0.717, 1.165) is 11.3 Å². The smallest absolute Gasteiger partial charge is 0.267 e. The highest BCUT2D eigenvalue weighted by atomic mass is 32.2. The summed E-state index contributed by atoms with van der Waals surface area (Å²) in [5.74, 6) is 0. The maximum atomic E-state index is 12.6. The normalized spacial score (nSPS) is 14.5. The van der Waals surface area contributed by atoms with Gasteiger partial charge in [-0.15, -0.1) is 0 Å². The highest BCUT2D eigenvalue weighted by Crippen LogP contribution is 2.23. The molecule has 0 saturated heterocycles. The van der Waals surface area contributed by atoms with Crippen LogP contribution in [0.4, 0.5) is 0 Å². The lowest BCUT2D eigenvalue weighted by Crippen LogP contribution is -2.14. The first kappa shape index (κ1) is 12.7. The molecule has 102 valence electrons. The molecule has 20 heavy (non-hydrogen) atoms. The quantitative estimate of drug-likeness (QED) is 0.920. The van der Waals surface area contributed by atoms with Gasteiger partial charge in [0.15, 0.2) is 0 Å². The van der Waals surface area contributed by atoms with Gasteiger partial charge in [-0.1, -0.05) is 24.3 Å². The third kappa shape index (κ3) is 2.06. The largest absolute Gasteiger partial charge is 0.399 e. The molecule has 1 aliphatic rings. The van der Waals surface area contributed by atoms with Crippen LogP contribution in [0.15, 0.2) is 65.3 Å².